The van der Waals surface area contributed by atoms with E-state index in [1.165, 1.54) is 34.4 Å². The largest absolute Gasteiger partial charge is 0.493 e. The fourth-order valence-electron chi connectivity index (χ4n) is 8.45. The van der Waals surface area contributed by atoms with Crippen LogP contribution in [0.3, 0.4) is 0 Å². The predicted octanol–water partition coefficient (Wildman–Crippen LogP) is 9.85. The lowest BCUT2D eigenvalue weighted by Crippen LogP contribution is -2.48. The van der Waals surface area contributed by atoms with Crippen LogP contribution in [0.25, 0.3) is 0 Å². The van der Waals surface area contributed by atoms with Gasteiger partial charge in [-0.2, -0.15) is 0 Å². The van der Waals surface area contributed by atoms with Gasteiger partial charge in [-0.05, 0) is 70.8 Å². The van der Waals surface area contributed by atoms with Crippen LogP contribution in [0.1, 0.15) is 44.7 Å². The Morgan fingerprint density at radius 2 is 0.942 bits per heavy atom. The second-order valence-electron chi connectivity index (χ2n) is 16.6. The molecule has 0 saturated carbocycles. The Hall–Kier alpha value is -5.18. The maximum absolute atomic E-state index is 12.4. The van der Waals surface area contributed by atoms with Gasteiger partial charge in [0, 0.05) is 75.5 Å². The fourth-order valence-corrected chi connectivity index (χ4v) is 8.71. The van der Waals surface area contributed by atoms with E-state index in [1.54, 1.807) is 19.2 Å². The molecule has 2 fully saturated rings. The van der Waals surface area contributed by atoms with Crippen LogP contribution >= 0.6 is 23.2 Å². The van der Waals surface area contributed by atoms with Crippen molar-refractivity contribution in [2.45, 2.75) is 12.1 Å². The van der Waals surface area contributed by atoms with Crippen molar-refractivity contribution in [3.05, 3.63) is 201 Å². The van der Waals surface area contributed by atoms with Gasteiger partial charge < -0.3 is 24.1 Å². The Labute approximate surface area is 417 Å². The molecule has 10 nitrogen and oxygen atoms in total. The lowest BCUT2D eigenvalue weighted by atomic mass is 9.96. The molecule has 366 valence electrons. The van der Waals surface area contributed by atoms with Crippen molar-refractivity contribution >= 4 is 29.5 Å². The van der Waals surface area contributed by atoms with Gasteiger partial charge in [0.15, 0.2) is 17.8 Å². The predicted molar refractivity (Wildman–Crippen MR) is 275 cm³/mol. The number of nitrogens with zero attached hydrogens (tertiary/aromatic N) is 4. The van der Waals surface area contributed by atoms with Crippen molar-refractivity contribution in [2.75, 3.05) is 112 Å². The van der Waals surface area contributed by atoms with Crippen LogP contribution in [0.15, 0.2) is 158 Å². The lowest BCUT2D eigenvalue weighted by Gasteiger charge is -2.39. The number of para-hydroxylation sites is 2. The molecule has 69 heavy (non-hydrogen) atoms. The van der Waals surface area contributed by atoms with Crippen LogP contribution in [0.5, 0.6) is 11.5 Å². The first-order chi connectivity index (χ1) is 33.9. The summed E-state index contributed by atoms with van der Waals surface area (Å²) in [6.45, 7) is 13.0. The highest BCUT2D eigenvalue weighted by molar-refractivity contribution is 6.30. The molecule has 6 aromatic rings. The van der Waals surface area contributed by atoms with Crippen molar-refractivity contribution in [3.8, 4) is 11.5 Å². The first-order valence-corrected chi connectivity index (χ1v) is 24.4. The Balaban J connectivity index is 0.000000196. The number of hydrogen-bond acceptors (Lipinski definition) is 10. The van der Waals surface area contributed by atoms with Gasteiger partial charge in [-0.25, -0.2) is 4.39 Å². The van der Waals surface area contributed by atoms with Crippen LogP contribution in [0.2, 0.25) is 10.0 Å². The molecule has 2 aliphatic rings. The molecular formula is C56H65Cl2FN4O6. The van der Waals surface area contributed by atoms with E-state index in [-0.39, 0.29) is 24.3 Å². The topological polar surface area (TPSA) is 87.2 Å². The minimum Gasteiger partial charge on any atom is -0.493 e. The Bertz CT molecular complexity index is 2340. The van der Waals surface area contributed by atoms with Crippen LogP contribution in [0, 0.1) is 5.82 Å². The number of halogens is 3. The molecule has 13 heteroatoms. The molecule has 2 heterocycles. The molecule has 2 saturated heterocycles. The van der Waals surface area contributed by atoms with E-state index < -0.39 is 5.82 Å². The van der Waals surface area contributed by atoms with E-state index >= 15 is 0 Å². The van der Waals surface area contributed by atoms with Crippen LogP contribution < -0.4 is 9.47 Å². The Morgan fingerprint density at radius 3 is 1.38 bits per heavy atom. The molecule has 2 aliphatic heterocycles. The number of aldehydes is 1. The summed E-state index contributed by atoms with van der Waals surface area (Å²) >= 11 is 12.2. The minimum absolute atomic E-state index is 0.0909. The van der Waals surface area contributed by atoms with E-state index in [0.29, 0.717) is 39.3 Å². The first kappa shape index (κ1) is 53.2. The second kappa shape index (κ2) is 29.8. The minimum atomic E-state index is -0.465. The molecule has 0 aliphatic carbocycles. The number of methoxy groups -OCH3 is 1. The Morgan fingerprint density at radius 1 is 0.522 bits per heavy atom. The summed E-state index contributed by atoms with van der Waals surface area (Å²) in [4.78, 5) is 20.0. The molecule has 8 rings (SSSR count). The summed E-state index contributed by atoms with van der Waals surface area (Å²) in [5, 5.41) is 10.3. The van der Waals surface area contributed by atoms with Crippen molar-refractivity contribution in [2.24, 2.45) is 0 Å². The Kier molecular flexibility index (Phi) is 22.9. The van der Waals surface area contributed by atoms with E-state index in [0.717, 1.165) is 87.0 Å². The molecule has 0 aromatic heterocycles. The van der Waals surface area contributed by atoms with Gasteiger partial charge in [0.25, 0.3) is 0 Å². The highest BCUT2D eigenvalue weighted by Crippen LogP contribution is 2.32. The monoisotopic (exact) mass is 978 g/mol. The molecule has 2 atom stereocenters. The van der Waals surface area contributed by atoms with Gasteiger partial charge in [-0.15, -0.1) is 0 Å². The summed E-state index contributed by atoms with van der Waals surface area (Å²) in [7, 11) is 1.65. The summed E-state index contributed by atoms with van der Waals surface area (Å²) in [6, 6.07) is 51.9. The molecule has 2 unspecified atom stereocenters. The normalized spacial score (nSPS) is 15.4. The van der Waals surface area contributed by atoms with Gasteiger partial charge in [0.2, 0.25) is 0 Å². The number of rotatable bonds is 20. The van der Waals surface area contributed by atoms with E-state index in [4.69, 9.17) is 47.3 Å². The number of benzene rings is 6. The number of ether oxygens (including phenoxy) is 4. The average Bonchev–Trinajstić information content (AvgIpc) is 3.40. The zero-order valence-electron chi connectivity index (χ0n) is 39.5. The molecule has 0 bridgehead atoms. The smallest absolute Gasteiger partial charge is 0.161 e. The summed E-state index contributed by atoms with van der Waals surface area (Å²) in [6.07, 6.45) is 0.495. The number of hydrogen-bond donors (Lipinski definition) is 1. The lowest BCUT2D eigenvalue weighted by molar-refractivity contribution is 0.0522. The zero-order valence-corrected chi connectivity index (χ0v) is 41.0. The maximum atomic E-state index is 12.4. The van der Waals surface area contributed by atoms with E-state index in [1.807, 2.05) is 48.5 Å². The third-order valence-electron chi connectivity index (χ3n) is 12.1. The maximum Gasteiger partial charge on any atom is 0.161 e. The molecule has 0 amide bonds. The van der Waals surface area contributed by atoms with E-state index in [9.17, 15) is 9.18 Å². The van der Waals surface area contributed by atoms with Gasteiger partial charge in [-0.1, -0.05) is 132 Å². The molecule has 1 N–H and O–H groups in total. The summed E-state index contributed by atoms with van der Waals surface area (Å²) < 4.78 is 34.7. The highest BCUT2D eigenvalue weighted by atomic mass is 35.5. The quantitative estimate of drug-likeness (QED) is 0.0590. The van der Waals surface area contributed by atoms with Gasteiger partial charge in [0.1, 0.15) is 12.4 Å². The molecule has 0 radical (unpaired) electrons. The van der Waals surface area contributed by atoms with Crippen LogP contribution in [0.4, 0.5) is 4.39 Å². The number of carbonyl (C=O) groups is 1. The van der Waals surface area contributed by atoms with Crippen molar-refractivity contribution < 1.29 is 33.2 Å². The van der Waals surface area contributed by atoms with Crippen LogP contribution in [-0.2, 0) is 9.47 Å². The zero-order chi connectivity index (χ0) is 48.5. The van der Waals surface area contributed by atoms with Crippen molar-refractivity contribution in [1.82, 2.24) is 19.6 Å². The summed E-state index contributed by atoms with van der Waals surface area (Å²) in [5.41, 5.74) is 5.30. The van der Waals surface area contributed by atoms with Crippen molar-refractivity contribution in [1.29, 1.82) is 0 Å². The third-order valence-corrected chi connectivity index (χ3v) is 12.6. The van der Waals surface area contributed by atoms with Gasteiger partial charge in [-0.3, -0.25) is 24.4 Å². The number of carbonyl (C=O) groups excluding carboxylic acids is 1. The van der Waals surface area contributed by atoms with Gasteiger partial charge in [0.05, 0.1) is 57.8 Å². The summed E-state index contributed by atoms with van der Waals surface area (Å²) in [5.74, 6) is 1.03. The van der Waals surface area contributed by atoms with Crippen LogP contribution in [-0.4, -0.2) is 143 Å². The molecule has 0 spiro atoms. The van der Waals surface area contributed by atoms with Gasteiger partial charge >= 0.3 is 0 Å². The highest BCUT2D eigenvalue weighted by Gasteiger charge is 2.28. The average molecular weight is 980 g/mol. The standard InChI is InChI=1S/C28H33ClN2O3.C21H27ClN2O2.C7H5FO/c1-32-26-9-5-6-10-27(26)34-22-21-33-20-19-30-15-17-31(18-16-30)28(23-7-3-2-4-8-23)24-11-13-25(29)14-12-24;22-20-8-6-19(7-9-20)21(18-4-2-1-3-5-18)24-12-10-23(11-13-24)14-16-26-17-15-25;8-7-4-2-1-3-6(7)5-9/h2-14,28H,15-22H2,1H3;1-9,21,25H,10-17H2;1-5H. The first-order valence-electron chi connectivity index (χ1n) is 23.6. The van der Waals surface area contributed by atoms with E-state index in [2.05, 4.69) is 105 Å². The molecule has 6 aromatic carbocycles. The number of aliphatic hydroxyl groups is 1. The SMILES string of the molecule is COc1ccccc1OCCOCCN1CCN(C(c2ccccc2)c2ccc(Cl)cc2)CC1.O=Cc1ccccc1F.OCCOCCN1CCN(C(c2ccccc2)c2ccc(Cl)cc2)CC1. The van der Waals surface area contributed by atoms with Crippen molar-refractivity contribution in [3.63, 3.8) is 0 Å². The number of piperazine rings is 2. The second-order valence-corrected chi connectivity index (χ2v) is 17.4. The molecular weight excluding hydrogens is 915 g/mol. The fraction of sp³-hybridized carbons (Fsp3) is 0.339. The number of aliphatic hydroxyl groups excluding tert-OH is 1. The third kappa shape index (κ3) is 17.3.